The molecule has 0 aliphatic carbocycles. The average Bonchev–Trinajstić information content (AvgIpc) is 2.69. The van der Waals surface area contributed by atoms with Crippen LogP contribution < -0.4 is 5.32 Å². The van der Waals surface area contributed by atoms with E-state index in [4.69, 9.17) is 0 Å². The van der Waals surface area contributed by atoms with Gasteiger partial charge in [0.2, 0.25) is 0 Å². The summed E-state index contributed by atoms with van der Waals surface area (Å²) in [7, 11) is 1.94. The molecule has 0 saturated carbocycles. The molecule has 17 heavy (non-hydrogen) atoms. The Labute approximate surface area is 102 Å². The van der Waals surface area contributed by atoms with E-state index in [9.17, 15) is 0 Å². The van der Waals surface area contributed by atoms with E-state index in [-0.39, 0.29) is 0 Å². The summed E-state index contributed by atoms with van der Waals surface area (Å²) in [6.07, 6.45) is 0.996. The quantitative estimate of drug-likeness (QED) is 0.799. The highest BCUT2D eigenvalue weighted by atomic mass is 15.3. The first kappa shape index (κ1) is 11.9. The Balaban J connectivity index is 2.44. The van der Waals surface area contributed by atoms with Gasteiger partial charge in [-0.3, -0.25) is 4.68 Å². The van der Waals surface area contributed by atoms with Crippen LogP contribution >= 0.6 is 0 Å². The number of para-hydroxylation sites is 1. The van der Waals surface area contributed by atoms with E-state index in [0.29, 0.717) is 0 Å². The van der Waals surface area contributed by atoms with Gasteiger partial charge in [-0.05, 0) is 19.5 Å². The largest absolute Gasteiger partial charge is 0.314 e. The fourth-order valence-corrected chi connectivity index (χ4v) is 1.94. The van der Waals surface area contributed by atoms with Crippen molar-refractivity contribution in [3.8, 4) is 0 Å². The zero-order valence-electron chi connectivity index (χ0n) is 10.5. The predicted molar refractivity (Wildman–Crippen MR) is 71.9 cm³/mol. The summed E-state index contributed by atoms with van der Waals surface area (Å²) in [5, 5.41) is 9.05. The van der Waals surface area contributed by atoms with E-state index < -0.39 is 0 Å². The Morgan fingerprint density at radius 2 is 2.18 bits per heavy atom. The van der Waals surface area contributed by atoms with Crippen molar-refractivity contribution in [1.29, 1.82) is 0 Å². The van der Waals surface area contributed by atoms with Gasteiger partial charge in [0, 0.05) is 11.9 Å². The van der Waals surface area contributed by atoms with Gasteiger partial charge in [-0.2, -0.15) is 5.10 Å². The predicted octanol–water partition coefficient (Wildman–Crippen LogP) is 2.72. The van der Waals surface area contributed by atoms with Gasteiger partial charge < -0.3 is 5.32 Å². The van der Waals surface area contributed by atoms with E-state index in [1.165, 1.54) is 16.5 Å². The Kier molecular flexibility index (Phi) is 3.59. The van der Waals surface area contributed by atoms with Crippen LogP contribution in [0.2, 0.25) is 0 Å². The second-order valence-electron chi connectivity index (χ2n) is 4.26. The number of hydrogen-bond donors (Lipinski definition) is 1. The molecule has 1 heterocycles. The molecule has 0 aliphatic rings. The fraction of sp³-hybridized carbons (Fsp3) is 0.357. The monoisotopic (exact) mass is 229 g/mol. The van der Waals surface area contributed by atoms with E-state index in [1.807, 2.05) is 11.7 Å². The lowest BCUT2D eigenvalue weighted by Crippen LogP contribution is -2.07. The Bertz CT molecular complexity index is 525. The van der Waals surface area contributed by atoms with Crippen LogP contribution in [-0.2, 0) is 13.1 Å². The second-order valence-corrected chi connectivity index (χ2v) is 4.26. The zero-order valence-corrected chi connectivity index (χ0v) is 10.5. The molecular weight excluding hydrogens is 210 g/mol. The first-order chi connectivity index (χ1) is 8.26. The summed E-state index contributed by atoms with van der Waals surface area (Å²) >= 11 is 0. The molecular formula is C14H19N3. The molecule has 3 heteroatoms. The number of benzene rings is 1. The highest BCUT2D eigenvalue weighted by Crippen LogP contribution is 2.19. The van der Waals surface area contributed by atoms with Crippen molar-refractivity contribution in [1.82, 2.24) is 15.1 Å². The lowest BCUT2D eigenvalue weighted by atomic mass is 10.2. The van der Waals surface area contributed by atoms with E-state index in [1.54, 1.807) is 0 Å². The van der Waals surface area contributed by atoms with Gasteiger partial charge in [0.05, 0.1) is 17.8 Å². The summed E-state index contributed by atoms with van der Waals surface area (Å²) in [4.78, 5) is 0. The van der Waals surface area contributed by atoms with E-state index in [2.05, 4.69) is 48.2 Å². The number of rotatable bonds is 5. The molecule has 0 amide bonds. The molecule has 2 rings (SSSR count). The van der Waals surface area contributed by atoms with Crippen LogP contribution in [0, 0.1) is 0 Å². The fourth-order valence-electron chi connectivity index (χ4n) is 1.94. The third-order valence-corrected chi connectivity index (χ3v) is 2.95. The van der Waals surface area contributed by atoms with Gasteiger partial charge in [0.1, 0.15) is 0 Å². The minimum Gasteiger partial charge on any atom is -0.314 e. The third kappa shape index (κ3) is 2.39. The number of allylic oxidation sites excluding steroid dienone is 1. The van der Waals surface area contributed by atoms with Crippen LogP contribution in [0.4, 0.5) is 0 Å². The van der Waals surface area contributed by atoms with Crippen molar-refractivity contribution >= 4 is 10.9 Å². The minimum atomic E-state index is 0.798. The molecule has 1 aromatic carbocycles. The number of nitrogens with zero attached hydrogens (tertiary/aromatic N) is 2. The van der Waals surface area contributed by atoms with Gasteiger partial charge in [0.15, 0.2) is 0 Å². The lowest BCUT2D eigenvalue weighted by molar-refractivity contribution is 0.660. The number of fused-ring (bicyclic) bond motifs is 1. The normalized spacial score (nSPS) is 10.9. The highest BCUT2D eigenvalue weighted by Gasteiger charge is 2.09. The molecule has 0 radical (unpaired) electrons. The van der Waals surface area contributed by atoms with Crippen molar-refractivity contribution in [2.75, 3.05) is 7.05 Å². The number of hydrogen-bond acceptors (Lipinski definition) is 2. The maximum atomic E-state index is 4.66. The average molecular weight is 229 g/mol. The summed E-state index contributed by atoms with van der Waals surface area (Å²) < 4.78 is 2.05. The molecule has 1 N–H and O–H groups in total. The van der Waals surface area contributed by atoms with Crippen LogP contribution in [0.25, 0.3) is 10.9 Å². The van der Waals surface area contributed by atoms with Crippen LogP contribution in [0.1, 0.15) is 19.0 Å². The molecule has 3 nitrogen and oxygen atoms in total. The number of nitrogens with one attached hydrogen (secondary N) is 1. The summed E-state index contributed by atoms with van der Waals surface area (Å²) in [5.74, 6) is 0. The molecule has 1 aromatic heterocycles. The van der Waals surface area contributed by atoms with E-state index >= 15 is 0 Å². The lowest BCUT2D eigenvalue weighted by Gasteiger charge is -2.04. The molecule has 2 aromatic rings. The molecule has 0 bridgehead atoms. The maximum absolute atomic E-state index is 4.66. The SMILES string of the molecule is C=C(CC)Cn1nc(CNC)c2ccccc21. The van der Waals surface area contributed by atoms with Crippen molar-refractivity contribution in [2.45, 2.75) is 26.4 Å². The third-order valence-electron chi connectivity index (χ3n) is 2.95. The molecule has 0 atom stereocenters. The van der Waals surface area contributed by atoms with Crippen LogP contribution in [0.5, 0.6) is 0 Å². The summed E-state index contributed by atoms with van der Waals surface area (Å²) in [5.41, 5.74) is 3.49. The smallest absolute Gasteiger partial charge is 0.0841 e. The molecule has 90 valence electrons. The van der Waals surface area contributed by atoms with Crippen molar-refractivity contribution < 1.29 is 0 Å². The molecule has 0 spiro atoms. The van der Waals surface area contributed by atoms with Crippen molar-refractivity contribution in [2.24, 2.45) is 0 Å². The van der Waals surface area contributed by atoms with Gasteiger partial charge in [-0.15, -0.1) is 0 Å². The summed E-state index contributed by atoms with van der Waals surface area (Å²) in [6.45, 7) is 7.79. The minimum absolute atomic E-state index is 0.798. The summed E-state index contributed by atoms with van der Waals surface area (Å²) in [6, 6.07) is 8.35. The van der Waals surface area contributed by atoms with Crippen molar-refractivity contribution in [3.05, 3.63) is 42.1 Å². The van der Waals surface area contributed by atoms with Gasteiger partial charge >= 0.3 is 0 Å². The van der Waals surface area contributed by atoms with Crippen molar-refractivity contribution in [3.63, 3.8) is 0 Å². The maximum Gasteiger partial charge on any atom is 0.0841 e. The van der Waals surface area contributed by atoms with Crippen LogP contribution in [0.3, 0.4) is 0 Å². The molecule has 0 saturated heterocycles. The first-order valence-electron chi connectivity index (χ1n) is 6.02. The molecule has 0 aliphatic heterocycles. The Morgan fingerprint density at radius 1 is 1.41 bits per heavy atom. The standard InChI is InChI=1S/C14H19N3/c1-4-11(2)10-17-14-8-6-5-7-12(14)13(16-17)9-15-3/h5-8,15H,2,4,9-10H2,1,3H3. The van der Waals surface area contributed by atoms with Crippen LogP contribution in [-0.4, -0.2) is 16.8 Å². The zero-order chi connectivity index (χ0) is 12.3. The van der Waals surface area contributed by atoms with Crippen LogP contribution in [0.15, 0.2) is 36.4 Å². The highest BCUT2D eigenvalue weighted by molar-refractivity contribution is 5.81. The molecule has 0 fully saturated rings. The molecule has 0 unspecified atom stereocenters. The first-order valence-corrected chi connectivity index (χ1v) is 6.02. The Hall–Kier alpha value is -1.61. The topological polar surface area (TPSA) is 29.9 Å². The number of aromatic nitrogens is 2. The Morgan fingerprint density at radius 3 is 2.88 bits per heavy atom. The second kappa shape index (κ2) is 5.15. The van der Waals surface area contributed by atoms with Gasteiger partial charge in [0.25, 0.3) is 0 Å². The van der Waals surface area contributed by atoms with Gasteiger partial charge in [-0.1, -0.05) is 37.3 Å². The van der Waals surface area contributed by atoms with E-state index in [0.717, 1.165) is 25.2 Å². The van der Waals surface area contributed by atoms with Gasteiger partial charge in [-0.25, -0.2) is 0 Å².